The van der Waals surface area contributed by atoms with Gasteiger partial charge in [-0.15, -0.1) is 0 Å². The molecule has 1 saturated heterocycles. The Bertz CT molecular complexity index is 540. The highest BCUT2D eigenvalue weighted by Gasteiger charge is 2.17. The first-order chi connectivity index (χ1) is 8.99. The average molecular weight is 347 g/mol. The molecule has 0 aromatic heterocycles. The van der Waals surface area contributed by atoms with Crippen molar-refractivity contribution in [1.29, 1.82) is 0 Å². The third-order valence-electron chi connectivity index (χ3n) is 3.39. The van der Waals surface area contributed by atoms with Crippen LogP contribution < -0.4 is 10.0 Å². The van der Waals surface area contributed by atoms with Crippen molar-refractivity contribution in [3.05, 3.63) is 28.2 Å². The third kappa shape index (κ3) is 4.02. The smallest absolute Gasteiger partial charge is 0.240 e. The van der Waals surface area contributed by atoms with Crippen LogP contribution >= 0.6 is 15.9 Å². The molecule has 0 saturated carbocycles. The normalized spacial score (nSPS) is 19.8. The molecule has 1 aliphatic heterocycles. The third-order valence-corrected chi connectivity index (χ3v) is 5.74. The van der Waals surface area contributed by atoms with Crippen LogP contribution in [0.25, 0.3) is 0 Å². The molecule has 1 unspecified atom stereocenters. The maximum atomic E-state index is 12.1. The maximum absolute atomic E-state index is 12.1. The number of benzene rings is 1. The first kappa shape index (κ1) is 15.0. The topological polar surface area (TPSA) is 58.2 Å². The summed E-state index contributed by atoms with van der Waals surface area (Å²) in [6.07, 6.45) is 3.16. The molecule has 0 bridgehead atoms. The Hall–Kier alpha value is -0.430. The first-order valence-electron chi connectivity index (χ1n) is 6.48. The second kappa shape index (κ2) is 6.35. The molecule has 1 heterocycles. The lowest BCUT2D eigenvalue weighted by atomic mass is 10.2. The van der Waals surface area contributed by atoms with E-state index in [1.165, 1.54) is 6.42 Å². The number of hydrogen-bond acceptors (Lipinski definition) is 3. The average Bonchev–Trinajstić information content (AvgIpc) is 2.85. The molecule has 1 atom stereocenters. The zero-order chi connectivity index (χ0) is 13.9. The highest BCUT2D eigenvalue weighted by atomic mass is 79.9. The standard InChI is InChI=1S/C13H19BrN2O2S/c1-10-9-12(4-5-13(10)14)19(17,18)16-8-6-11-3-2-7-15-11/h4-5,9,11,15-16H,2-3,6-8H2,1H3. The molecule has 0 aliphatic carbocycles. The van der Waals surface area contributed by atoms with Gasteiger partial charge in [-0.1, -0.05) is 15.9 Å². The fourth-order valence-corrected chi connectivity index (χ4v) is 3.62. The molecule has 0 spiro atoms. The minimum absolute atomic E-state index is 0.326. The zero-order valence-corrected chi connectivity index (χ0v) is 13.4. The Balaban J connectivity index is 1.95. The van der Waals surface area contributed by atoms with E-state index in [0.717, 1.165) is 29.4 Å². The van der Waals surface area contributed by atoms with Gasteiger partial charge in [0.05, 0.1) is 4.90 Å². The van der Waals surface area contributed by atoms with E-state index in [4.69, 9.17) is 0 Å². The Labute approximate surface area is 123 Å². The number of halogens is 1. The second-order valence-electron chi connectivity index (χ2n) is 4.89. The zero-order valence-electron chi connectivity index (χ0n) is 10.9. The molecule has 6 heteroatoms. The van der Waals surface area contributed by atoms with Gasteiger partial charge in [-0.25, -0.2) is 13.1 Å². The van der Waals surface area contributed by atoms with Crippen LogP contribution in [0.1, 0.15) is 24.8 Å². The van der Waals surface area contributed by atoms with Crippen LogP contribution in [0.15, 0.2) is 27.6 Å². The van der Waals surface area contributed by atoms with Crippen molar-refractivity contribution in [2.75, 3.05) is 13.1 Å². The summed E-state index contributed by atoms with van der Waals surface area (Å²) in [4.78, 5) is 0.326. The largest absolute Gasteiger partial charge is 0.314 e. The summed E-state index contributed by atoms with van der Waals surface area (Å²) in [6.45, 7) is 3.41. The number of rotatable bonds is 5. The van der Waals surface area contributed by atoms with E-state index in [2.05, 4.69) is 26.0 Å². The van der Waals surface area contributed by atoms with Crippen molar-refractivity contribution in [3.8, 4) is 0 Å². The summed E-state index contributed by atoms with van der Waals surface area (Å²) in [6, 6.07) is 5.52. The van der Waals surface area contributed by atoms with Gasteiger partial charge in [-0.3, -0.25) is 0 Å². The van der Waals surface area contributed by atoms with Gasteiger partial charge in [-0.2, -0.15) is 0 Å². The summed E-state index contributed by atoms with van der Waals surface area (Å²) >= 11 is 3.37. The van der Waals surface area contributed by atoms with Gasteiger partial charge >= 0.3 is 0 Å². The van der Waals surface area contributed by atoms with E-state index in [9.17, 15) is 8.42 Å². The minimum Gasteiger partial charge on any atom is -0.314 e. The lowest BCUT2D eigenvalue weighted by molar-refractivity contribution is 0.539. The molecular weight excluding hydrogens is 328 g/mol. The van der Waals surface area contributed by atoms with E-state index in [0.29, 0.717) is 17.5 Å². The molecule has 106 valence electrons. The van der Waals surface area contributed by atoms with Gasteiger partial charge < -0.3 is 5.32 Å². The minimum atomic E-state index is -3.39. The SMILES string of the molecule is Cc1cc(S(=O)(=O)NCCC2CCCN2)ccc1Br. The van der Waals surface area contributed by atoms with Crippen molar-refractivity contribution >= 4 is 26.0 Å². The number of hydrogen-bond donors (Lipinski definition) is 2. The fourth-order valence-electron chi connectivity index (χ4n) is 2.24. The number of nitrogens with one attached hydrogen (secondary N) is 2. The molecule has 1 aromatic rings. The second-order valence-corrected chi connectivity index (χ2v) is 7.51. The van der Waals surface area contributed by atoms with E-state index >= 15 is 0 Å². The van der Waals surface area contributed by atoms with Crippen LogP contribution in [0.2, 0.25) is 0 Å². The van der Waals surface area contributed by atoms with Crippen LogP contribution in [-0.2, 0) is 10.0 Å². The first-order valence-corrected chi connectivity index (χ1v) is 8.76. The van der Waals surface area contributed by atoms with Gasteiger partial charge in [0, 0.05) is 17.1 Å². The molecule has 2 N–H and O–H groups in total. The van der Waals surface area contributed by atoms with Crippen LogP contribution in [0, 0.1) is 6.92 Å². The number of aryl methyl sites for hydroxylation is 1. The quantitative estimate of drug-likeness (QED) is 0.858. The van der Waals surface area contributed by atoms with Crippen molar-refractivity contribution in [3.63, 3.8) is 0 Å². The molecule has 1 aromatic carbocycles. The predicted octanol–water partition coefficient (Wildman–Crippen LogP) is 2.18. The van der Waals surface area contributed by atoms with Crippen LogP contribution in [0.3, 0.4) is 0 Å². The predicted molar refractivity (Wildman–Crippen MR) is 79.7 cm³/mol. The Morgan fingerprint density at radius 3 is 2.89 bits per heavy atom. The Kier molecular flexibility index (Phi) is 5.00. The lowest BCUT2D eigenvalue weighted by Gasteiger charge is -2.11. The van der Waals surface area contributed by atoms with Crippen molar-refractivity contribution < 1.29 is 8.42 Å². The lowest BCUT2D eigenvalue weighted by Crippen LogP contribution is -2.30. The summed E-state index contributed by atoms with van der Waals surface area (Å²) in [5.74, 6) is 0. The fraction of sp³-hybridized carbons (Fsp3) is 0.538. The van der Waals surface area contributed by atoms with Crippen molar-refractivity contribution in [2.24, 2.45) is 0 Å². The summed E-state index contributed by atoms with van der Waals surface area (Å²) < 4.78 is 27.8. The highest BCUT2D eigenvalue weighted by Crippen LogP contribution is 2.20. The van der Waals surface area contributed by atoms with Crippen LogP contribution in [0.4, 0.5) is 0 Å². The molecule has 4 nitrogen and oxygen atoms in total. The summed E-state index contributed by atoms with van der Waals surface area (Å²) in [7, 11) is -3.39. The van der Waals surface area contributed by atoms with Crippen molar-refractivity contribution in [2.45, 2.75) is 37.1 Å². The molecule has 1 aliphatic rings. The van der Waals surface area contributed by atoms with E-state index in [1.807, 2.05) is 6.92 Å². The summed E-state index contributed by atoms with van der Waals surface area (Å²) in [5, 5.41) is 3.36. The van der Waals surface area contributed by atoms with E-state index in [-0.39, 0.29) is 0 Å². The molecule has 2 rings (SSSR count). The summed E-state index contributed by atoms with van der Waals surface area (Å²) in [5.41, 5.74) is 0.917. The maximum Gasteiger partial charge on any atom is 0.240 e. The molecule has 19 heavy (non-hydrogen) atoms. The monoisotopic (exact) mass is 346 g/mol. The molecular formula is C13H19BrN2O2S. The van der Waals surface area contributed by atoms with Gasteiger partial charge in [0.15, 0.2) is 0 Å². The van der Waals surface area contributed by atoms with Gasteiger partial charge in [0.2, 0.25) is 10.0 Å². The molecule has 1 fully saturated rings. The van der Waals surface area contributed by atoms with E-state index in [1.54, 1.807) is 18.2 Å². The number of sulfonamides is 1. The van der Waals surface area contributed by atoms with Gasteiger partial charge in [-0.05, 0) is 56.5 Å². The molecule has 0 amide bonds. The molecule has 0 radical (unpaired) electrons. The van der Waals surface area contributed by atoms with Gasteiger partial charge in [0.25, 0.3) is 0 Å². The highest BCUT2D eigenvalue weighted by molar-refractivity contribution is 9.10. The Morgan fingerprint density at radius 2 is 2.26 bits per heavy atom. The van der Waals surface area contributed by atoms with Crippen LogP contribution in [-0.4, -0.2) is 27.5 Å². The Morgan fingerprint density at radius 1 is 1.47 bits per heavy atom. The van der Waals surface area contributed by atoms with Crippen LogP contribution in [0.5, 0.6) is 0 Å². The van der Waals surface area contributed by atoms with Crippen molar-refractivity contribution in [1.82, 2.24) is 10.0 Å². The van der Waals surface area contributed by atoms with Gasteiger partial charge in [0.1, 0.15) is 0 Å². The van der Waals surface area contributed by atoms with E-state index < -0.39 is 10.0 Å².